The Morgan fingerprint density at radius 1 is 1.03 bits per heavy atom. The van der Waals surface area contributed by atoms with Crippen molar-refractivity contribution in [2.24, 2.45) is 0 Å². The lowest BCUT2D eigenvalue weighted by Gasteiger charge is -2.27. The molecule has 1 atom stereocenters. The average Bonchev–Trinajstić information content (AvgIpc) is 3.40. The molecule has 1 unspecified atom stereocenters. The van der Waals surface area contributed by atoms with Crippen molar-refractivity contribution < 1.29 is 14.6 Å². The summed E-state index contributed by atoms with van der Waals surface area (Å²) in [6, 6.07) is 19.8. The number of hydrogen-bond donors (Lipinski definition) is 2. The molecule has 3 aromatic carbocycles. The Morgan fingerprint density at radius 2 is 1.70 bits per heavy atom. The second kappa shape index (κ2) is 9.11. The fourth-order valence-corrected chi connectivity index (χ4v) is 5.15. The number of amides is 1. The molecular formula is C31H33N3O3. The van der Waals surface area contributed by atoms with E-state index in [0.29, 0.717) is 23.5 Å². The molecule has 6 nitrogen and oxygen atoms in total. The molecule has 0 saturated heterocycles. The number of ether oxygens (including phenoxy) is 1. The van der Waals surface area contributed by atoms with E-state index in [2.05, 4.69) is 55.2 Å². The van der Waals surface area contributed by atoms with E-state index in [1.54, 1.807) is 7.11 Å². The fourth-order valence-electron chi connectivity index (χ4n) is 5.15. The van der Waals surface area contributed by atoms with Crippen LogP contribution in [-0.4, -0.2) is 33.2 Å². The van der Waals surface area contributed by atoms with Crippen LogP contribution in [0.15, 0.2) is 60.7 Å². The summed E-state index contributed by atoms with van der Waals surface area (Å²) in [5, 5.41) is 18.5. The van der Waals surface area contributed by atoms with Gasteiger partial charge in [0, 0.05) is 17.7 Å². The second-order valence-corrected chi connectivity index (χ2v) is 10.9. The maximum Gasteiger partial charge on any atom is 0.273 e. The first-order valence-corrected chi connectivity index (χ1v) is 12.5. The summed E-state index contributed by atoms with van der Waals surface area (Å²) >= 11 is 0. The van der Waals surface area contributed by atoms with Crippen LogP contribution in [0.5, 0.6) is 11.5 Å². The summed E-state index contributed by atoms with van der Waals surface area (Å²) in [4.78, 5) is 15.6. The Bertz CT molecular complexity index is 1460. The van der Waals surface area contributed by atoms with E-state index in [9.17, 15) is 9.90 Å². The van der Waals surface area contributed by atoms with Crippen molar-refractivity contribution in [3.63, 3.8) is 0 Å². The number of rotatable bonds is 5. The highest BCUT2D eigenvalue weighted by atomic mass is 16.5. The maximum atomic E-state index is 13.8. The Labute approximate surface area is 217 Å². The summed E-state index contributed by atoms with van der Waals surface area (Å²) in [6.07, 6.45) is 0. The number of hydrogen-bond acceptors (Lipinski definition) is 4. The Balaban J connectivity index is 1.65. The van der Waals surface area contributed by atoms with Crippen molar-refractivity contribution in [1.29, 1.82) is 0 Å². The zero-order chi connectivity index (χ0) is 26.5. The number of nitrogens with zero attached hydrogens (tertiary/aromatic N) is 2. The van der Waals surface area contributed by atoms with Gasteiger partial charge in [-0.1, -0.05) is 63.2 Å². The van der Waals surface area contributed by atoms with Gasteiger partial charge in [-0.3, -0.25) is 9.89 Å². The van der Waals surface area contributed by atoms with Gasteiger partial charge in [-0.05, 0) is 65.3 Å². The lowest BCUT2D eigenvalue weighted by Crippen LogP contribution is -2.29. The van der Waals surface area contributed by atoms with E-state index >= 15 is 0 Å². The van der Waals surface area contributed by atoms with Gasteiger partial charge in [0.25, 0.3) is 5.91 Å². The van der Waals surface area contributed by atoms with E-state index in [1.807, 2.05) is 55.1 Å². The van der Waals surface area contributed by atoms with Gasteiger partial charge in [-0.25, -0.2) is 0 Å². The standard InChI is InChI=1S/C31H33N3O3/c1-18-15-19(2)29(35)24(16-18)26-25-27(33-32-26)30(36)34(17-20-7-13-23(37-6)14-8-20)28(25)21-9-11-22(12-10-21)31(3,4)5/h7-16,28,35H,17H2,1-6H3,(H,32,33). The van der Waals surface area contributed by atoms with Crippen LogP contribution in [0.25, 0.3) is 11.3 Å². The lowest BCUT2D eigenvalue weighted by atomic mass is 9.85. The number of nitrogens with one attached hydrogen (secondary N) is 1. The number of carbonyl (C=O) groups is 1. The molecule has 0 aliphatic carbocycles. The van der Waals surface area contributed by atoms with Crippen LogP contribution in [0.3, 0.4) is 0 Å². The SMILES string of the molecule is COc1ccc(CN2C(=O)c3[nH]nc(-c4cc(C)cc(C)c4O)c3C2c2ccc(C(C)(C)C)cc2)cc1. The molecule has 0 spiro atoms. The van der Waals surface area contributed by atoms with Gasteiger partial charge in [0.05, 0.1) is 13.2 Å². The first-order chi connectivity index (χ1) is 17.6. The smallest absolute Gasteiger partial charge is 0.273 e. The first kappa shape index (κ1) is 24.6. The minimum Gasteiger partial charge on any atom is -0.507 e. The van der Waals surface area contributed by atoms with Crippen molar-refractivity contribution in [1.82, 2.24) is 15.1 Å². The van der Waals surface area contributed by atoms with Crippen LogP contribution in [0.2, 0.25) is 0 Å². The molecule has 5 rings (SSSR count). The quantitative estimate of drug-likeness (QED) is 0.333. The van der Waals surface area contributed by atoms with Crippen LogP contribution in [0.4, 0.5) is 0 Å². The number of H-pyrrole nitrogens is 1. The van der Waals surface area contributed by atoms with E-state index in [0.717, 1.165) is 33.6 Å². The molecule has 1 aromatic heterocycles. The molecule has 0 bridgehead atoms. The molecule has 2 N–H and O–H groups in total. The number of aryl methyl sites for hydroxylation is 2. The Kier molecular flexibility index (Phi) is 6.06. The van der Waals surface area contributed by atoms with Gasteiger partial charge in [0.1, 0.15) is 22.9 Å². The number of carbonyl (C=O) groups excluding carboxylic acids is 1. The molecular weight excluding hydrogens is 462 g/mol. The summed E-state index contributed by atoms with van der Waals surface area (Å²) in [7, 11) is 1.64. The number of methoxy groups -OCH3 is 1. The van der Waals surface area contributed by atoms with Gasteiger partial charge in [-0.15, -0.1) is 0 Å². The van der Waals surface area contributed by atoms with Gasteiger partial charge in [-0.2, -0.15) is 5.10 Å². The second-order valence-electron chi connectivity index (χ2n) is 10.9. The van der Waals surface area contributed by atoms with E-state index in [1.165, 1.54) is 5.56 Å². The third kappa shape index (κ3) is 4.37. The molecule has 6 heteroatoms. The normalized spacial score (nSPS) is 15.2. The third-order valence-electron chi connectivity index (χ3n) is 7.17. The number of aromatic nitrogens is 2. The molecule has 1 aliphatic heterocycles. The van der Waals surface area contributed by atoms with E-state index < -0.39 is 0 Å². The molecule has 2 heterocycles. The van der Waals surface area contributed by atoms with Crippen LogP contribution in [-0.2, 0) is 12.0 Å². The summed E-state index contributed by atoms with van der Waals surface area (Å²) in [5.74, 6) is 0.842. The number of aromatic hydroxyl groups is 1. The molecule has 0 radical (unpaired) electrons. The molecule has 1 amide bonds. The number of phenols is 1. The molecule has 4 aromatic rings. The monoisotopic (exact) mass is 495 g/mol. The van der Waals surface area contributed by atoms with Crippen molar-refractivity contribution in [2.75, 3.05) is 7.11 Å². The van der Waals surface area contributed by atoms with E-state index in [4.69, 9.17) is 4.74 Å². The van der Waals surface area contributed by atoms with Gasteiger partial charge < -0.3 is 14.7 Å². The van der Waals surface area contributed by atoms with E-state index in [-0.39, 0.29) is 23.1 Å². The summed E-state index contributed by atoms with van der Waals surface area (Å²) in [6.45, 7) is 10.9. The summed E-state index contributed by atoms with van der Waals surface area (Å²) < 4.78 is 5.31. The lowest BCUT2D eigenvalue weighted by molar-refractivity contribution is 0.0730. The molecule has 0 fully saturated rings. The highest BCUT2D eigenvalue weighted by Crippen LogP contribution is 2.46. The van der Waals surface area contributed by atoms with Crippen LogP contribution >= 0.6 is 0 Å². The molecule has 37 heavy (non-hydrogen) atoms. The van der Waals surface area contributed by atoms with Crippen molar-refractivity contribution in [3.8, 4) is 22.8 Å². The van der Waals surface area contributed by atoms with Crippen LogP contribution in [0, 0.1) is 13.8 Å². The van der Waals surface area contributed by atoms with Crippen molar-refractivity contribution >= 4 is 5.91 Å². The van der Waals surface area contributed by atoms with Gasteiger partial charge in [0.2, 0.25) is 0 Å². The topological polar surface area (TPSA) is 78.5 Å². The zero-order valence-corrected chi connectivity index (χ0v) is 22.2. The number of phenolic OH excluding ortho intramolecular Hbond substituents is 1. The highest BCUT2D eigenvalue weighted by molar-refractivity contribution is 6.00. The Hall–Kier alpha value is -4.06. The van der Waals surface area contributed by atoms with Crippen molar-refractivity contribution in [2.45, 2.75) is 52.6 Å². The van der Waals surface area contributed by atoms with Crippen molar-refractivity contribution in [3.05, 3.63) is 99.7 Å². The largest absolute Gasteiger partial charge is 0.507 e. The predicted molar refractivity (Wildman–Crippen MR) is 145 cm³/mol. The molecule has 1 aliphatic rings. The minimum atomic E-state index is -0.354. The average molecular weight is 496 g/mol. The summed E-state index contributed by atoms with van der Waals surface area (Å²) in [5.41, 5.74) is 7.53. The Morgan fingerprint density at radius 3 is 2.32 bits per heavy atom. The minimum absolute atomic E-state index is 0.0175. The number of benzene rings is 3. The first-order valence-electron chi connectivity index (χ1n) is 12.5. The molecule has 190 valence electrons. The number of fused-ring (bicyclic) bond motifs is 1. The maximum absolute atomic E-state index is 13.8. The number of aromatic amines is 1. The molecule has 0 saturated carbocycles. The van der Waals surface area contributed by atoms with Gasteiger partial charge in [0.15, 0.2) is 0 Å². The van der Waals surface area contributed by atoms with Crippen LogP contribution in [0.1, 0.15) is 70.7 Å². The van der Waals surface area contributed by atoms with Gasteiger partial charge >= 0.3 is 0 Å². The fraction of sp³-hybridized carbons (Fsp3) is 0.290. The van der Waals surface area contributed by atoms with Crippen LogP contribution < -0.4 is 4.74 Å². The highest BCUT2D eigenvalue weighted by Gasteiger charge is 2.42. The third-order valence-corrected chi connectivity index (χ3v) is 7.17. The predicted octanol–water partition coefficient (Wildman–Crippen LogP) is 6.45. The zero-order valence-electron chi connectivity index (χ0n) is 22.2.